The maximum absolute atomic E-state index is 11.8. The lowest BCUT2D eigenvalue weighted by molar-refractivity contribution is 0.153. The Hall–Kier alpha value is -0.270. The molecule has 0 radical (unpaired) electrons. The molecular weight excluding hydrogens is 226 g/mol. The average molecular weight is 242 g/mol. The Morgan fingerprint density at radius 1 is 1.33 bits per heavy atom. The van der Waals surface area contributed by atoms with E-state index >= 15 is 0 Å². The van der Waals surface area contributed by atoms with Crippen molar-refractivity contribution < 1.29 is 17.2 Å². The van der Waals surface area contributed by atoms with Crippen LogP contribution in [0.5, 0.6) is 0 Å². The zero-order chi connectivity index (χ0) is 11.3. The van der Waals surface area contributed by atoms with E-state index in [1.807, 2.05) is 4.72 Å². The van der Waals surface area contributed by atoms with Crippen molar-refractivity contribution in [3.8, 4) is 0 Å². The molecule has 0 aromatic carbocycles. The van der Waals surface area contributed by atoms with Crippen molar-refractivity contribution in [2.75, 3.05) is 25.4 Å². The second-order valence-electron chi connectivity index (χ2n) is 3.71. The summed E-state index contributed by atoms with van der Waals surface area (Å²) in [5.41, 5.74) is 0. The number of alkyl halides is 2. The number of rotatable bonds is 5. The van der Waals surface area contributed by atoms with Gasteiger partial charge in [-0.05, 0) is 31.8 Å². The summed E-state index contributed by atoms with van der Waals surface area (Å²) in [5.74, 6) is 0.0444. The van der Waals surface area contributed by atoms with Gasteiger partial charge in [0.1, 0.15) is 0 Å². The molecule has 0 saturated carbocycles. The summed E-state index contributed by atoms with van der Waals surface area (Å²) in [6.45, 7) is 0.817. The molecule has 1 saturated heterocycles. The first-order valence-corrected chi connectivity index (χ1v) is 6.61. The van der Waals surface area contributed by atoms with Crippen molar-refractivity contribution >= 4 is 10.0 Å². The minimum Gasteiger partial charge on any atom is -0.317 e. The third-order valence-corrected chi connectivity index (χ3v) is 3.89. The molecule has 2 N–H and O–H groups in total. The Bertz CT molecular complexity index is 276. The maximum atomic E-state index is 11.8. The summed E-state index contributed by atoms with van der Waals surface area (Å²) in [5, 5.41) is 3.12. The summed E-state index contributed by atoms with van der Waals surface area (Å²) in [4.78, 5) is 0. The van der Waals surface area contributed by atoms with E-state index in [0.29, 0.717) is 0 Å². The van der Waals surface area contributed by atoms with Crippen molar-refractivity contribution in [3.63, 3.8) is 0 Å². The van der Waals surface area contributed by atoms with E-state index in [0.717, 1.165) is 25.9 Å². The van der Waals surface area contributed by atoms with Crippen LogP contribution >= 0.6 is 0 Å². The van der Waals surface area contributed by atoms with Crippen LogP contribution in [-0.4, -0.2) is 40.2 Å². The standard InChI is InChI=1S/C8H16F2N2O2S/c9-8(10)5-12-15(13,14)6-7-1-3-11-4-2-7/h7-8,11-12H,1-6H2. The van der Waals surface area contributed by atoms with Gasteiger partial charge < -0.3 is 5.32 Å². The maximum Gasteiger partial charge on any atom is 0.251 e. The van der Waals surface area contributed by atoms with Gasteiger partial charge in [0, 0.05) is 0 Å². The summed E-state index contributed by atoms with van der Waals surface area (Å²) < 4.78 is 48.2. The molecule has 7 heteroatoms. The third kappa shape index (κ3) is 5.39. The summed E-state index contributed by atoms with van der Waals surface area (Å²) in [6.07, 6.45) is -1.06. The number of sulfonamides is 1. The van der Waals surface area contributed by atoms with E-state index in [4.69, 9.17) is 0 Å². The van der Waals surface area contributed by atoms with Gasteiger partial charge in [0.2, 0.25) is 10.0 Å². The van der Waals surface area contributed by atoms with Gasteiger partial charge in [-0.1, -0.05) is 0 Å². The number of hydrogen-bond acceptors (Lipinski definition) is 3. The second kappa shape index (κ2) is 5.72. The van der Waals surface area contributed by atoms with E-state index in [1.165, 1.54) is 0 Å². The highest BCUT2D eigenvalue weighted by Gasteiger charge is 2.21. The Labute approximate surface area is 88.5 Å². The van der Waals surface area contributed by atoms with Gasteiger partial charge in [0.25, 0.3) is 6.43 Å². The SMILES string of the molecule is O=S(=O)(CC1CCNCC1)NCC(F)F. The highest BCUT2D eigenvalue weighted by molar-refractivity contribution is 7.89. The molecule has 0 bridgehead atoms. The molecule has 0 aromatic heterocycles. The van der Waals surface area contributed by atoms with Crippen LogP contribution in [0.3, 0.4) is 0 Å². The van der Waals surface area contributed by atoms with Crippen LogP contribution in [-0.2, 0) is 10.0 Å². The summed E-state index contributed by atoms with van der Waals surface area (Å²) in [6, 6.07) is 0. The number of piperidine rings is 1. The smallest absolute Gasteiger partial charge is 0.251 e. The lowest BCUT2D eigenvalue weighted by atomic mass is 10.0. The molecule has 1 aliphatic rings. The Kier molecular flexibility index (Phi) is 4.88. The van der Waals surface area contributed by atoms with Crippen LogP contribution in [0.25, 0.3) is 0 Å². The van der Waals surface area contributed by atoms with Gasteiger partial charge in [-0.15, -0.1) is 0 Å². The minimum absolute atomic E-state index is 0.0403. The molecule has 1 rings (SSSR count). The fourth-order valence-corrected chi connectivity index (χ4v) is 3.06. The number of nitrogens with one attached hydrogen (secondary N) is 2. The highest BCUT2D eigenvalue weighted by Crippen LogP contribution is 2.13. The molecule has 1 aliphatic heterocycles. The first-order chi connectivity index (χ1) is 6.99. The van der Waals surface area contributed by atoms with Crippen LogP contribution in [0.2, 0.25) is 0 Å². The van der Waals surface area contributed by atoms with E-state index in [1.54, 1.807) is 0 Å². The number of hydrogen-bond donors (Lipinski definition) is 2. The molecule has 1 fully saturated rings. The second-order valence-corrected chi connectivity index (χ2v) is 5.57. The molecule has 1 heterocycles. The Morgan fingerprint density at radius 3 is 2.47 bits per heavy atom. The molecule has 0 amide bonds. The van der Waals surface area contributed by atoms with Gasteiger partial charge in [0.15, 0.2) is 0 Å². The lowest BCUT2D eigenvalue weighted by Crippen LogP contribution is -2.37. The van der Waals surface area contributed by atoms with Crippen molar-refractivity contribution in [2.45, 2.75) is 19.3 Å². The van der Waals surface area contributed by atoms with Gasteiger partial charge in [-0.2, -0.15) is 0 Å². The van der Waals surface area contributed by atoms with E-state index in [9.17, 15) is 17.2 Å². The summed E-state index contributed by atoms with van der Waals surface area (Å²) >= 11 is 0. The van der Waals surface area contributed by atoms with Crippen LogP contribution in [0.4, 0.5) is 8.78 Å². The predicted molar refractivity (Wildman–Crippen MR) is 53.4 cm³/mol. The number of halogens is 2. The van der Waals surface area contributed by atoms with Crippen molar-refractivity contribution in [1.29, 1.82) is 0 Å². The Morgan fingerprint density at radius 2 is 1.93 bits per heavy atom. The fourth-order valence-electron chi connectivity index (χ4n) is 1.61. The minimum atomic E-state index is -3.53. The van der Waals surface area contributed by atoms with Crippen LogP contribution < -0.4 is 10.0 Å². The zero-order valence-corrected chi connectivity index (χ0v) is 9.19. The van der Waals surface area contributed by atoms with Crippen LogP contribution in [0.15, 0.2) is 0 Å². The fraction of sp³-hybridized carbons (Fsp3) is 1.00. The van der Waals surface area contributed by atoms with Crippen LogP contribution in [0.1, 0.15) is 12.8 Å². The highest BCUT2D eigenvalue weighted by atomic mass is 32.2. The molecule has 4 nitrogen and oxygen atoms in total. The average Bonchev–Trinajstić information content (AvgIpc) is 2.16. The largest absolute Gasteiger partial charge is 0.317 e. The molecule has 0 unspecified atom stereocenters. The van der Waals surface area contributed by atoms with Crippen molar-refractivity contribution in [3.05, 3.63) is 0 Å². The molecule has 0 atom stereocenters. The normalized spacial score (nSPS) is 19.7. The molecule has 0 aromatic rings. The quantitative estimate of drug-likeness (QED) is 0.722. The molecule has 15 heavy (non-hydrogen) atoms. The first kappa shape index (κ1) is 12.8. The summed E-state index contributed by atoms with van der Waals surface area (Å²) in [7, 11) is -3.53. The van der Waals surface area contributed by atoms with E-state index < -0.39 is 23.0 Å². The molecule has 0 aliphatic carbocycles. The third-order valence-electron chi connectivity index (χ3n) is 2.37. The van der Waals surface area contributed by atoms with E-state index in [2.05, 4.69) is 5.32 Å². The van der Waals surface area contributed by atoms with Gasteiger partial charge >= 0.3 is 0 Å². The van der Waals surface area contributed by atoms with Crippen LogP contribution in [0, 0.1) is 5.92 Å². The Balaban J connectivity index is 2.34. The predicted octanol–water partition coefficient (Wildman–Crippen LogP) is 0.170. The van der Waals surface area contributed by atoms with E-state index in [-0.39, 0.29) is 11.7 Å². The first-order valence-electron chi connectivity index (χ1n) is 4.96. The molecule has 0 spiro atoms. The van der Waals surface area contributed by atoms with Gasteiger partial charge in [-0.3, -0.25) is 0 Å². The van der Waals surface area contributed by atoms with Gasteiger partial charge in [-0.25, -0.2) is 21.9 Å². The van der Waals surface area contributed by atoms with Gasteiger partial charge in [0.05, 0.1) is 12.3 Å². The topological polar surface area (TPSA) is 58.2 Å². The zero-order valence-electron chi connectivity index (χ0n) is 8.38. The lowest BCUT2D eigenvalue weighted by Gasteiger charge is -2.22. The monoisotopic (exact) mass is 242 g/mol. The molecule has 90 valence electrons. The molecular formula is C8H16F2N2O2S. The van der Waals surface area contributed by atoms with Crippen molar-refractivity contribution in [2.24, 2.45) is 5.92 Å². The van der Waals surface area contributed by atoms with Crippen molar-refractivity contribution in [1.82, 2.24) is 10.0 Å².